The van der Waals surface area contributed by atoms with Gasteiger partial charge in [-0.05, 0) is 48.9 Å². The summed E-state index contributed by atoms with van der Waals surface area (Å²) in [5, 5.41) is 8.72. The average Bonchev–Trinajstić information content (AvgIpc) is 3.18. The molecular formula is C24H27Cl2N3O2. The molecule has 0 aliphatic carbocycles. The molecule has 0 saturated carbocycles. The Kier molecular flexibility index (Phi) is 8.38. The number of carbonyl (C=O) groups excluding carboxylic acids is 1. The van der Waals surface area contributed by atoms with Gasteiger partial charge in [0.05, 0.1) is 23.5 Å². The number of methoxy groups -OCH3 is 1. The number of aromatic nitrogens is 2. The lowest BCUT2D eigenvalue weighted by molar-refractivity contribution is -0.116. The molecule has 0 fully saturated rings. The fraction of sp³-hybridized carbons (Fsp3) is 0.333. The van der Waals surface area contributed by atoms with Crippen LogP contribution in [0.5, 0.6) is 5.75 Å². The van der Waals surface area contributed by atoms with Crippen molar-refractivity contribution in [3.63, 3.8) is 0 Å². The van der Waals surface area contributed by atoms with Gasteiger partial charge in [0.25, 0.3) is 0 Å². The van der Waals surface area contributed by atoms with Crippen LogP contribution in [0.25, 0.3) is 16.9 Å². The molecule has 0 spiro atoms. The Morgan fingerprint density at radius 1 is 1.03 bits per heavy atom. The first-order chi connectivity index (χ1) is 15.0. The first-order valence-electron chi connectivity index (χ1n) is 10.5. The van der Waals surface area contributed by atoms with E-state index in [1.54, 1.807) is 30.0 Å². The second-order valence-electron chi connectivity index (χ2n) is 7.36. The van der Waals surface area contributed by atoms with E-state index < -0.39 is 0 Å². The van der Waals surface area contributed by atoms with Crippen LogP contribution in [0.4, 0.5) is 5.82 Å². The molecule has 3 rings (SSSR count). The highest BCUT2D eigenvalue weighted by Gasteiger charge is 2.16. The van der Waals surface area contributed by atoms with E-state index in [-0.39, 0.29) is 5.91 Å². The van der Waals surface area contributed by atoms with Gasteiger partial charge in [0.2, 0.25) is 5.91 Å². The summed E-state index contributed by atoms with van der Waals surface area (Å²) in [6, 6.07) is 14.6. The number of rotatable bonds is 10. The van der Waals surface area contributed by atoms with Gasteiger partial charge in [0.15, 0.2) is 0 Å². The summed E-state index contributed by atoms with van der Waals surface area (Å²) in [4.78, 5) is 12.6. The monoisotopic (exact) mass is 459 g/mol. The van der Waals surface area contributed by atoms with Gasteiger partial charge >= 0.3 is 0 Å². The Hall–Kier alpha value is -2.50. The first-order valence-corrected chi connectivity index (χ1v) is 11.3. The van der Waals surface area contributed by atoms with Crippen molar-refractivity contribution in [3.8, 4) is 22.7 Å². The molecule has 7 heteroatoms. The van der Waals surface area contributed by atoms with Gasteiger partial charge in [-0.3, -0.25) is 4.79 Å². The lowest BCUT2D eigenvalue weighted by atomic mass is 10.1. The second kappa shape index (κ2) is 11.2. The molecule has 1 heterocycles. The molecule has 0 radical (unpaired) electrons. The summed E-state index contributed by atoms with van der Waals surface area (Å²) < 4.78 is 6.86. The maximum Gasteiger partial charge on any atom is 0.225 e. The number of hydrogen-bond donors (Lipinski definition) is 1. The zero-order chi connectivity index (χ0) is 22.2. The van der Waals surface area contributed by atoms with Crippen molar-refractivity contribution >= 4 is 34.9 Å². The summed E-state index contributed by atoms with van der Waals surface area (Å²) in [6.45, 7) is 2.18. The SMILES string of the molecule is CCCCCCCC(=O)Nc1cc(-c2ccc(OC)cc2)nn1-c1cc(Cl)ccc1Cl. The number of halogens is 2. The molecule has 0 aliphatic rings. The molecule has 31 heavy (non-hydrogen) atoms. The molecule has 2 aromatic carbocycles. The molecule has 1 aromatic heterocycles. The molecule has 0 atom stereocenters. The molecule has 0 aliphatic heterocycles. The van der Waals surface area contributed by atoms with E-state index in [0.29, 0.717) is 33.7 Å². The van der Waals surface area contributed by atoms with Crippen LogP contribution in [0, 0.1) is 0 Å². The molecule has 1 amide bonds. The fourth-order valence-corrected chi connectivity index (χ4v) is 3.66. The number of anilines is 1. The number of benzene rings is 2. The molecule has 1 N–H and O–H groups in total. The van der Waals surface area contributed by atoms with Gasteiger partial charge in [-0.25, -0.2) is 4.68 Å². The predicted molar refractivity (Wildman–Crippen MR) is 128 cm³/mol. The Labute approximate surface area is 193 Å². The van der Waals surface area contributed by atoms with Crippen LogP contribution in [0.2, 0.25) is 10.0 Å². The largest absolute Gasteiger partial charge is 0.497 e. The molecule has 5 nitrogen and oxygen atoms in total. The zero-order valence-electron chi connectivity index (χ0n) is 17.8. The minimum absolute atomic E-state index is 0.0444. The topological polar surface area (TPSA) is 56.1 Å². The van der Waals surface area contributed by atoms with Gasteiger partial charge in [0.1, 0.15) is 11.6 Å². The van der Waals surface area contributed by atoms with Crippen molar-refractivity contribution < 1.29 is 9.53 Å². The van der Waals surface area contributed by atoms with Crippen molar-refractivity contribution in [1.82, 2.24) is 9.78 Å². The van der Waals surface area contributed by atoms with E-state index in [9.17, 15) is 4.79 Å². The van der Waals surface area contributed by atoms with Crippen molar-refractivity contribution in [3.05, 3.63) is 58.6 Å². The number of nitrogens with one attached hydrogen (secondary N) is 1. The molecule has 0 unspecified atom stereocenters. The van der Waals surface area contributed by atoms with Gasteiger partial charge < -0.3 is 10.1 Å². The highest BCUT2D eigenvalue weighted by Crippen LogP contribution is 2.31. The number of ether oxygens (including phenoxy) is 1. The van der Waals surface area contributed by atoms with Gasteiger partial charge in [-0.15, -0.1) is 0 Å². The minimum atomic E-state index is -0.0444. The van der Waals surface area contributed by atoms with Crippen molar-refractivity contribution in [2.75, 3.05) is 12.4 Å². The smallest absolute Gasteiger partial charge is 0.225 e. The standard InChI is InChI=1S/C24H27Cl2N3O2/c1-3-4-5-6-7-8-24(30)27-23-16-21(17-9-12-19(31-2)13-10-17)28-29(23)22-15-18(25)11-14-20(22)26/h9-16H,3-8H2,1-2H3,(H,27,30). The predicted octanol–water partition coefficient (Wildman–Crippen LogP) is 7.15. The third-order valence-corrected chi connectivity index (χ3v) is 5.56. The van der Waals surface area contributed by atoms with E-state index in [1.165, 1.54) is 12.8 Å². The molecule has 3 aromatic rings. The van der Waals surface area contributed by atoms with Crippen LogP contribution in [0.1, 0.15) is 45.4 Å². The summed E-state index contributed by atoms with van der Waals surface area (Å²) in [5.41, 5.74) is 2.21. The molecule has 0 saturated heterocycles. The Morgan fingerprint density at radius 2 is 1.77 bits per heavy atom. The van der Waals surface area contributed by atoms with Crippen LogP contribution < -0.4 is 10.1 Å². The quantitative estimate of drug-likeness (QED) is 0.327. The second-order valence-corrected chi connectivity index (χ2v) is 8.21. The molecular weight excluding hydrogens is 433 g/mol. The maximum atomic E-state index is 12.6. The lowest BCUT2D eigenvalue weighted by Crippen LogP contribution is -2.14. The van der Waals surface area contributed by atoms with E-state index in [0.717, 1.165) is 30.6 Å². The maximum absolute atomic E-state index is 12.6. The lowest BCUT2D eigenvalue weighted by Gasteiger charge is -2.11. The van der Waals surface area contributed by atoms with Crippen LogP contribution in [-0.4, -0.2) is 22.8 Å². The van der Waals surface area contributed by atoms with Gasteiger partial charge in [-0.1, -0.05) is 55.8 Å². The van der Waals surface area contributed by atoms with Gasteiger partial charge in [-0.2, -0.15) is 5.10 Å². The Bertz CT molecular complexity index is 1020. The minimum Gasteiger partial charge on any atom is -0.497 e. The third kappa shape index (κ3) is 6.25. The van der Waals surface area contributed by atoms with Crippen molar-refractivity contribution in [2.24, 2.45) is 0 Å². The van der Waals surface area contributed by atoms with Crippen LogP contribution in [-0.2, 0) is 4.79 Å². The molecule has 164 valence electrons. The fourth-order valence-electron chi connectivity index (χ4n) is 3.30. The van der Waals surface area contributed by atoms with Gasteiger partial charge in [0, 0.05) is 23.1 Å². The third-order valence-electron chi connectivity index (χ3n) is 5.01. The van der Waals surface area contributed by atoms with Crippen LogP contribution >= 0.6 is 23.2 Å². The number of amides is 1. The van der Waals surface area contributed by atoms with E-state index in [2.05, 4.69) is 12.2 Å². The van der Waals surface area contributed by atoms with Crippen LogP contribution in [0.15, 0.2) is 48.5 Å². The number of carbonyl (C=O) groups is 1. The zero-order valence-corrected chi connectivity index (χ0v) is 19.3. The summed E-state index contributed by atoms with van der Waals surface area (Å²) in [6.07, 6.45) is 5.92. The number of hydrogen-bond acceptors (Lipinski definition) is 3. The Morgan fingerprint density at radius 3 is 2.48 bits per heavy atom. The summed E-state index contributed by atoms with van der Waals surface area (Å²) >= 11 is 12.6. The Balaban J connectivity index is 1.87. The van der Waals surface area contributed by atoms with E-state index in [4.69, 9.17) is 33.0 Å². The van der Waals surface area contributed by atoms with E-state index in [1.807, 2.05) is 30.3 Å². The highest BCUT2D eigenvalue weighted by molar-refractivity contribution is 6.34. The average molecular weight is 460 g/mol. The molecule has 0 bridgehead atoms. The highest BCUT2D eigenvalue weighted by atomic mass is 35.5. The van der Waals surface area contributed by atoms with Crippen LogP contribution in [0.3, 0.4) is 0 Å². The summed E-state index contributed by atoms with van der Waals surface area (Å²) in [5.74, 6) is 1.27. The summed E-state index contributed by atoms with van der Waals surface area (Å²) in [7, 11) is 1.63. The first kappa shape index (κ1) is 23.2. The number of unbranched alkanes of at least 4 members (excludes halogenated alkanes) is 4. The van der Waals surface area contributed by atoms with Crippen molar-refractivity contribution in [1.29, 1.82) is 0 Å². The number of nitrogens with zero attached hydrogens (tertiary/aromatic N) is 2. The van der Waals surface area contributed by atoms with E-state index >= 15 is 0 Å². The normalized spacial score (nSPS) is 10.8. The van der Waals surface area contributed by atoms with Crippen molar-refractivity contribution in [2.45, 2.75) is 45.4 Å².